The third-order valence-electron chi connectivity index (χ3n) is 5.05. The molecule has 0 fully saturated rings. The van der Waals surface area contributed by atoms with Crippen molar-refractivity contribution in [3.05, 3.63) is 66.4 Å². The molecule has 2 amide bonds. The maximum atomic E-state index is 12.8. The topological polar surface area (TPSA) is 107 Å². The molecule has 192 valence electrons. The van der Waals surface area contributed by atoms with Gasteiger partial charge in [-0.05, 0) is 31.2 Å². The SMILES string of the molecule is CNc1nc(C)cc(Oc2ccc(NC(=O)Nc3cc(OC(F)(F)F)ccc3OC)c3ccccc23)n1. The van der Waals surface area contributed by atoms with Crippen LogP contribution in [0.5, 0.6) is 23.1 Å². The maximum Gasteiger partial charge on any atom is 0.573 e. The third-order valence-corrected chi connectivity index (χ3v) is 5.05. The van der Waals surface area contributed by atoms with E-state index in [9.17, 15) is 18.0 Å². The van der Waals surface area contributed by atoms with E-state index in [0.717, 1.165) is 12.1 Å². The van der Waals surface area contributed by atoms with E-state index in [4.69, 9.17) is 9.47 Å². The van der Waals surface area contributed by atoms with Crippen LogP contribution in [0.1, 0.15) is 5.69 Å². The first kappa shape index (κ1) is 25.4. The number of fused-ring (bicyclic) bond motifs is 1. The number of aryl methyl sites for hydroxylation is 1. The van der Waals surface area contributed by atoms with E-state index >= 15 is 0 Å². The predicted octanol–water partition coefficient (Wildman–Crippen LogP) is 6.32. The number of hydrogen-bond donors (Lipinski definition) is 3. The number of nitrogens with one attached hydrogen (secondary N) is 3. The second-order valence-corrected chi connectivity index (χ2v) is 7.67. The fourth-order valence-corrected chi connectivity index (χ4v) is 3.54. The minimum absolute atomic E-state index is 0.00882. The molecule has 4 rings (SSSR count). The first-order valence-electron chi connectivity index (χ1n) is 10.9. The molecule has 1 aromatic heterocycles. The van der Waals surface area contributed by atoms with Crippen LogP contribution in [-0.4, -0.2) is 36.5 Å². The molecule has 3 N–H and O–H groups in total. The molecule has 0 aliphatic heterocycles. The lowest BCUT2D eigenvalue weighted by atomic mass is 10.1. The van der Waals surface area contributed by atoms with Gasteiger partial charge in [-0.15, -0.1) is 13.2 Å². The molecule has 9 nitrogen and oxygen atoms in total. The normalized spacial score (nSPS) is 11.1. The molecule has 0 aliphatic carbocycles. The number of aromatic nitrogens is 2. The van der Waals surface area contributed by atoms with Crippen molar-refractivity contribution in [2.75, 3.05) is 30.1 Å². The summed E-state index contributed by atoms with van der Waals surface area (Å²) in [5.41, 5.74) is 1.15. The predicted molar refractivity (Wildman–Crippen MR) is 133 cm³/mol. The van der Waals surface area contributed by atoms with Crippen molar-refractivity contribution in [1.82, 2.24) is 9.97 Å². The number of carbonyl (C=O) groups is 1. The number of nitrogens with zero attached hydrogens (tertiary/aromatic N) is 2. The van der Waals surface area contributed by atoms with E-state index in [2.05, 4.69) is 30.7 Å². The molecule has 12 heteroatoms. The molecule has 3 aromatic carbocycles. The van der Waals surface area contributed by atoms with Crippen LogP contribution < -0.4 is 30.2 Å². The van der Waals surface area contributed by atoms with Gasteiger partial charge in [0, 0.05) is 35.6 Å². The minimum Gasteiger partial charge on any atom is -0.495 e. The highest BCUT2D eigenvalue weighted by atomic mass is 19.4. The van der Waals surface area contributed by atoms with Crippen molar-refractivity contribution in [1.29, 1.82) is 0 Å². The number of benzene rings is 3. The number of methoxy groups -OCH3 is 1. The molecule has 0 atom stereocenters. The zero-order chi connectivity index (χ0) is 26.6. The number of anilines is 3. The fourth-order valence-electron chi connectivity index (χ4n) is 3.54. The largest absolute Gasteiger partial charge is 0.573 e. The Morgan fingerprint density at radius 2 is 1.59 bits per heavy atom. The molecular weight excluding hydrogens is 491 g/mol. The quantitative estimate of drug-likeness (QED) is 0.265. The number of carbonyl (C=O) groups excluding carboxylic acids is 1. The smallest absolute Gasteiger partial charge is 0.495 e. The number of amides is 2. The summed E-state index contributed by atoms with van der Waals surface area (Å²) in [6, 6.07) is 14.9. The monoisotopic (exact) mass is 513 g/mol. The number of ether oxygens (including phenoxy) is 3. The number of urea groups is 1. The van der Waals surface area contributed by atoms with Gasteiger partial charge in [-0.2, -0.15) is 4.98 Å². The Hall–Kier alpha value is -4.74. The van der Waals surface area contributed by atoms with E-state index in [1.165, 1.54) is 13.2 Å². The summed E-state index contributed by atoms with van der Waals surface area (Å²) >= 11 is 0. The van der Waals surface area contributed by atoms with Gasteiger partial charge in [0.05, 0.1) is 18.5 Å². The number of rotatable bonds is 7. The molecule has 4 aromatic rings. The average Bonchev–Trinajstić information content (AvgIpc) is 2.84. The standard InChI is InChI=1S/C25H22F3N5O4/c1-14-12-22(33-23(29-2)30-14)36-20-11-9-18(16-6-4-5-7-17(16)20)31-24(34)32-19-13-15(37-25(26,27)28)8-10-21(19)35-3/h4-13H,1-3H3,(H,29,30,33)(H2,31,32,34). The number of alkyl halides is 3. The van der Waals surface area contributed by atoms with Gasteiger partial charge in [-0.1, -0.05) is 24.3 Å². The number of hydrogen-bond acceptors (Lipinski definition) is 7. The summed E-state index contributed by atoms with van der Waals surface area (Å²) in [5.74, 6) is 0.902. The van der Waals surface area contributed by atoms with Gasteiger partial charge in [0.2, 0.25) is 11.8 Å². The molecule has 1 heterocycles. The highest BCUT2D eigenvalue weighted by molar-refractivity contribution is 6.08. The zero-order valence-corrected chi connectivity index (χ0v) is 19.9. The van der Waals surface area contributed by atoms with Gasteiger partial charge < -0.3 is 30.2 Å². The maximum absolute atomic E-state index is 12.8. The van der Waals surface area contributed by atoms with Crippen molar-refractivity contribution >= 4 is 34.1 Å². The molecule has 0 bridgehead atoms. The van der Waals surface area contributed by atoms with Gasteiger partial charge in [0.1, 0.15) is 17.2 Å². The summed E-state index contributed by atoms with van der Waals surface area (Å²) in [6.07, 6.45) is -4.88. The summed E-state index contributed by atoms with van der Waals surface area (Å²) in [7, 11) is 3.03. The Balaban J connectivity index is 1.58. The fraction of sp³-hybridized carbons (Fsp3) is 0.160. The van der Waals surface area contributed by atoms with Crippen LogP contribution in [0.15, 0.2) is 60.7 Å². The Morgan fingerprint density at radius 1 is 0.892 bits per heavy atom. The van der Waals surface area contributed by atoms with E-state index in [0.29, 0.717) is 39.7 Å². The van der Waals surface area contributed by atoms with Gasteiger partial charge in [-0.3, -0.25) is 0 Å². The summed E-state index contributed by atoms with van der Waals surface area (Å²) in [4.78, 5) is 21.3. The van der Waals surface area contributed by atoms with Crippen LogP contribution in [0.25, 0.3) is 10.8 Å². The molecular formula is C25H22F3N5O4. The van der Waals surface area contributed by atoms with Crippen LogP contribution >= 0.6 is 0 Å². The zero-order valence-electron chi connectivity index (χ0n) is 19.9. The minimum atomic E-state index is -4.88. The van der Waals surface area contributed by atoms with Gasteiger partial charge >= 0.3 is 12.4 Å². The number of halogens is 3. The van der Waals surface area contributed by atoms with Crippen LogP contribution in [0.4, 0.5) is 35.3 Å². The molecule has 0 saturated heterocycles. The Kier molecular flexibility index (Phi) is 7.18. The summed E-state index contributed by atoms with van der Waals surface area (Å²) < 4.78 is 52.9. The third kappa shape index (κ3) is 6.28. The molecule has 0 aliphatic rings. The molecule has 0 saturated carbocycles. The van der Waals surface area contributed by atoms with Crippen LogP contribution in [0.2, 0.25) is 0 Å². The summed E-state index contributed by atoms with van der Waals surface area (Å²) in [5, 5.41) is 9.44. The van der Waals surface area contributed by atoms with E-state index in [1.807, 2.05) is 19.1 Å². The Bertz CT molecular complexity index is 1450. The highest BCUT2D eigenvalue weighted by Crippen LogP contribution is 2.35. The Morgan fingerprint density at radius 3 is 2.30 bits per heavy atom. The van der Waals surface area contributed by atoms with Crippen molar-refractivity contribution < 1.29 is 32.2 Å². The lowest BCUT2D eigenvalue weighted by Gasteiger charge is -2.16. The van der Waals surface area contributed by atoms with E-state index in [-0.39, 0.29) is 11.4 Å². The second-order valence-electron chi connectivity index (χ2n) is 7.67. The van der Waals surface area contributed by atoms with Crippen molar-refractivity contribution in [2.24, 2.45) is 0 Å². The Labute approximate surface area is 209 Å². The lowest BCUT2D eigenvalue weighted by molar-refractivity contribution is -0.274. The van der Waals surface area contributed by atoms with Gasteiger partial charge in [-0.25, -0.2) is 9.78 Å². The van der Waals surface area contributed by atoms with Crippen molar-refractivity contribution in [3.8, 4) is 23.1 Å². The molecule has 0 unspecified atom stereocenters. The van der Waals surface area contributed by atoms with E-state index < -0.39 is 18.1 Å². The van der Waals surface area contributed by atoms with Crippen molar-refractivity contribution in [2.45, 2.75) is 13.3 Å². The van der Waals surface area contributed by atoms with Crippen LogP contribution in [-0.2, 0) is 0 Å². The first-order valence-corrected chi connectivity index (χ1v) is 10.9. The second kappa shape index (κ2) is 10.5. The first-order chi connectivity index (χ1) is 17.6. The molecule has 37 heavy (non-hydrogen) atoms. The molecule has 0 spiro atoms. The molecule has 0 radical (unpaired) electrons. The lowest BCUT2D eigenvalue weighted by Crippen LogP contribution is -2.21. The van der Waals surface area contributed by atoms with E-state index in [1.54, 1.807) is 37.4 Å². The highest BCUT2D eigenvalue weighted by Gasteiger charge is 2.31. The van der Waals surface area contributed by atoms with Gasteiger partial charge in [0.15, 0.2) is 0 Å². The average molecular weight is 513 g/mol. The van der Waals surface area contributed by atoms with Crippen molar-refractivity contribution in [3.63, 3.8) is 0 Å². The van der Waals surface area contributed by atoms with Crippen LogP contribution in [0.3, 0.4) is 0 Å². The van der Waals surface area contributed by atoms with Crippen LogP contribution in [0, 0.1) is 6.92 Å². The van der Waals surface area contributed by atoms with Gasteiger partial charge in [0.25, 0.3) is 0 Å². The summed E-state index contributed by atoms with van der Waals surface area (Å²) in [6.45, 7) is 1.82.